The predicted molar refractivity (Wildman–Crippen MR) is 70.2 cm³/mol. The number of benzene rings is 1. The number of para-hydroxylation sites is 1. The van der Waals surface area contributed by atoms with Crippen LogP contribution in [-0.4, -0.2) is 25.2 Å². The van der Waals surface area contributed by atoms with Gasteiger partial charge in [0.15, 0.2) is 5.69 Å². The Bertz CT molecular complexity index is 577. The number of hydrogen-bond acceptors (Lipinski definition) is 5. The zero-order valence-electron chi connectivity index (χ0n) is 10.4. The third kappa shape index (κ3) is 2.22. The van der Waals surface area contributed by atoms with E-state index in [1.165, 1.54) is 18.4 Å². The lowest BCUT2D eigenvalue weighted by Crippen LogP contribution is -2.03. The summed E-state index contributed by atoms with van der Waals surface area (Å²) < 4.78 is 9.98. The van der Waals surface area contributed by atoms with E-state index in [4.69, 9.17) is 9.47 Å². The highest BCUT2D eigenvalue weighted by atomic mass is 32.1. The van der Waals surface area contributed by atoms with Crippen molar-refractivity contribution in [3.63, 3.8) is 0 Å². The number of thiazole rings is 1. The number of hydrogen-bond donors (Lipinski definition) is 0. The van der Waals surface area contributed by atoms with Crippen molar-refractivity contribution in [3.05, 3.63) is 34.8 Å². The van der Waals surface area contributed by atoms with Crippen LogP contribution >= 0.6 is 11.3 Å². The summed E-state index contributed by atoms with van der Waals surface area (Å²) in [5.41, 5.74) is 1.24. The summed E-state index contributed by atoms with van der Waals surface area (Å²) in [4.78, 5) is 16.7. The molecule has 0 unspecified atom stereocenters. The summed E-state index contributed by atoms with van der Waals surface area (Å²) in [6, 6.07) is 7.58. The van der Waals surface area contributed by atoms with Gasteiger partial charge in [0.25, 0.3) is 0 Å². The van der Waals surface area contributed by atoms with Crippen LogP contribution in [0.15, 0.2) is 24.3 Å². The molecule has 1 heterocycles. The summed E-state index contributed by atoms with van der Waals surface area (Å²) in [6.45, 7) is 1.85. The number of carbonyl (C=O) groups is 1. The molecule has 1 aromatic carbocycles. The van der Waals surface area contributed by atoms with Crippen molar-refractivity contribution in [3.8, 4) is 16.3 Å². The van der Waals surface area contributed by atoms with Gasteiger partial charge < -0.3 is 9.47 Å². The molecule has 94 valence electrons. The van der Waals surface area contributed by atoms with Crippen LogP contribution < -0.4 is 4.74 Å². The highest BCUT2D eigenvalue weighted by Gasteiger charge is 2.18. The molecule has 0 atom stereocenters. The zero-order chi connectivity index (χ0) is 13.1. The minimum absolute atomic E-state index is 0.364. The van der Waals surface area contributed by atoms with Crippen LogP contribution in [-0.2, 0) is 4.74 Å². The van der Waals surface area contributed by atoms with Crippen LogP contribution in [0.1, 0.15) is 15.4 Å². The fourth-order valence-electron chi connectivity index (χ4n) is 1.62. The Morgan fingerprint density at radius 3 is 2.67 bits per heavy atom. The van der Waals surface area contributed by atoms with E-state index in [1.807, 2.05) is 31.2 Å². The molecule has 0 aliphatic carbocycles. The second kappa shape index (κ2) is 5.18. The number of aryl methyl sites for hydroxylation is 1. The van der Waals surface area contributed by atoms with Crippen LogP contribution in [0.25, 0.3) is 10.6 Å². The third-order valence-electron chi connectivity index (χ3n) is 2.51. The maximum Gasteiger partial charge on any atom is 0.357 e. The molecule has 2 aromatic rings. The molecule has 0 N–H and O–H groups in total. The van der Waals surface area contributed by atoms with Gasteiger partial charge in [-0.3, -0.25) is 0 Å². The average Bonchev–Trinajstić information content (AvgIpc) is 2.79. The van der Waals surface area contributed by atoms with Gasteiger partial charge in [-0.25, -0.2) is 9.78 Å². The van der Waals surface area contributed by atoms with Crippen molar-refractivity contribution >= 4 is 17.3 Å². The second-order valence-corrected chi connectivity index (χ2v) is 4.82. The SMILES string of the molecule is COC(=O)c1nc(-c2ccccc2OC)sc1C. The lowest BCUT2D eigenvalue weighted by molar-refractivity contribution is 0.0594. The van der Waals surface area contributed by atoms with Crippen LogP contribution in [0.3, 0.4) is 0 Å². The molecular formula is C13H13NO3S. The van der Waals surface area contributed by atoms with Gasteiger partial charge in [-0.2, -0.15) is 0 Å². The van der Waals surface area contributed by atoms with E-state index in [0.717, 1.165) is 21.2 Å². The van der Waals surface area contributed by atoms with Crippen LogP contribution in [0.5, 0.6) is 5.75 Å². The van der Waals surface area contributed by atoms with Crippen molar-refractivity contribution in [2.24, 2.45) is 0 Å². The molecule has 0 radical (unpaired) electrons. The van der Waals surface area contributed by atoms with E-state index in [2.05, 4.69) is 4.98 Å². The van der Waals surface area contributed by atoms with Crippen LogP contribution in [0.4, 0.5) is 0 Å². The number of rotatable bonds is 3. The minimum Gasteiger partial charge on any atom is -0.496 e. The third-order valence-corrected chi connectivity index (χ3v) is 3.52. The molecule has 0 saturated carbocycles. The molecular weight excluding hydrogens is 250 g/mol. The normalized spacial score (nSPS) is 10.2. The molecule has 5 heteroatoms. The maximum absolute atomic E-state index is 11.5. The van der Waals surface area contributed by atoms with Crippen molar-refractivity contribution in [2.75, 3.05) is 14.2 Å². The molecule has 0 bridgehead atoms. The molecule has 0 spiro atoms. The quantitative estimate of drug-likeness (QED) is 0.799. The van der Waals surface area contributed by atoms with E-state index >= 15 is 0 Å². The van der Waals surface area contributed by atoms with E-state index in [0.29, 0.717) is 5.69 Å². The summed E-state index contributed by atoms with van der Waals surface area (Å²) >= 11 is 1.45. The number of nitrogens with zero attached hydrogens (tertiary/aromatic N) is 1. The maximum atomic E-state index is 11.5. The van der Waals surface area contributed by atoms with Gasteiger partial charge in [-0.15, -0.1) is 11.3 Å². The standard InChI is InChI=1S/C13H13NO3S/c1-8-11(13(15)17-3)14-12(18-8)9-6-4-5-7-10(9)16-2/h4-7H,1-3H3. The minimum atomic E-state index is -0.412. The van der Waals surface area contributed by atoms with Gasteiger partial charge in [0.1, 0.15) is 10.8 Å². The topological polar surface area (TPSA) is 48.4 Å². The lowest BCUT2D eigenvalue weighted by atomic mass is 10.2. The average molecular weight is 263 g/mol. The van der Waals surface area contributed by atoms with Crippen molar-refractivity contribution in [2.45, 2.75) is 6.92 Å². The largest absolute Gasteiger partial charge is 0.496 e. The molecule has 0 aliphatic rings. The Morgan fingerprint density at radius 1 is 1.28 bits per heavy atom. The van der Waals surface area contributed by atoms with Crippen molar-refractivity contribution in [1.82, 2.24) is 4.98 Å². The number of carbonyl (C=O) groups excluding carboxylic acids is 1. The first kappa shape index (κ1) is 12.6. The van der Waals surface area contributed by atoms with E-state index < -0.39 is 5.97 Å². The monoisotopic (exact) mass is 263 g/mol. The zero-order valence-corrected chi connectivity index (χ0v) is 11.2. The van der Waals surface area contributed by atoms with E-state index in [-0.39, 0.29) is 0 Å². The molecule has 2 rings (SSSR count). The molecule has 4 nitrogen and oxygen atoms in total. The first-order chi connectivity index (χ1) is 8.67. The highest BCUT2D eigenvalue weighted by Crippen LogP contribution is 2.34. The van der Waals surface area contributed by atoms with Gasteiger partial charge >= 0.3 is 5.97 Å². The fourth-order valence-corrected chi connectivity index (χ4v) is 2.55. The van der Waals surface area contributed by atoms with Gasteiger partial charge in [0.2, 0.25) is 0 Å². The van der Waals surface area contributed by atoms with Gasteiger partial charge in [0.05, 0.1) is 19.8 Å². The number of ether oxygens (including phenoxy) is 2. The number of esters is 1. The Morgan fingerprint density at radius 2 is 2.00 bits per heavy atom. The van der Waals surface area contributed by atoms with Crippen LogP contribution in [0.2, 0.25) is 0 Å². The van der Waals surface area contributed by atoms with Crippen molar-refractivity contribution < 1.29 is 14.3 Å². The Labute approximate surface area is 109 Å². The molecule has 0 aliphatic heterocycles. The fraction of sp³-hybridized carbons (Fsp3) is 0.231. The summed E-state index contributed by atoms with van der Waals surface area (Å²) in [5, 5.41) is 0.755. The van der Waals surface area contributed by atoms with Crippen molar-refractivity contribution in [1.29, 1.82) is 0 Å². The number of methoxy groups -OCH3 is 2. The Hall–Kier alpha value is -1.88. The lowest BCUT2D eigenvalue weighted by Gasteiger charge is -2.04. The van der Waals surface area contributed by atoms with Gasteiger partial charge in [-0.1, -0.05) is 12.1 Å². The molecule has 0 amide bonds. The predicted octanol–water partition coefficient (Wildman–Crippen LogP) is 2.91. The van der Waals surface area contributed by atoms with E-state index in [9.17, 15) is 4.79 Å². The molecule has 1 aromatic heterocycles. The Kier molecular flexibility index (Phi) is 3.62. The Balaban J connectivity index is 2.49. The smallest absolute Gasteiger partial charge is 0.357 e. The first-order valence-electron chi connectivity index (χ1n) is 5.36. The number of aromatic nitrogens is 1. The highest BCUT2D eigenvalue weighted by molar-refractivity contribution is 7.15. The molecule has 0 fully saturated rings. The second-order valence-electron chi connectivity index (χ2n) is 3.62. The van der Waals surface area contributed by atoms with Crippen LogP contribution in [0, 0.1) is 6.92 Å². The van der Waals surface area contributed by atoms with Gasteiger partial charge in [0, 0.05) is 4.88 Å². The summed E-state index contributed by atoms with van der Waals surface area (Å²) in [5.74, 6) is 0.326. The van der Waals surface area contributed by atoms with Gasteiger partial charge in [-0.05, 0) is 19.1 Å². The molecule has 18 heavy (non-hydrogen) atoms. The summed E-state index contributed by atoms with van der Waals surface area (Å²) in [7, 11) is 2.96. The molecule has 0 saturated heterocycles. The first-order valence-corrected chi connectivity index (χ1v) is 6.18. The van der Waals surface area contributed by atoms with E-state index in [1.54, 1.807) is 7.11 Å². The summed E-state index contributed by atoms with van der Waals surface area (Å²) in [6.07, 6.45) is 0.